The van der Waals surface area contributed by atoms with Crippen LogP contribution in [0.5, 0.6) is 0 Å². The van der Waals surface area contributed by atoms with E-state index in [0.717, 1.165) is 19.3 Å². The maximum atomic E-state index is 13.1. The molecule has 7 nitrogen and oxygen atoms in total. The summed E-state index contributed by atoms with van der Waals surface area (Å²) in [6.07, 6.45) is 5.89. The number of morpholine rings is 1. The number of H-pyrrole nitrogens is 1. The predicted octanol–water partition coefficient (Wildman–Crippen LogP) is 1.49. The predicted molar refractivity (Wildman–Crippen MR) is 87.8 cm³/mol. The van der Waals surface area contributed by atoms with Crippen LogP contribution in [0.3, 0.4) is 0 Å². The molecule has 1 saturated carbocycles. The topological polar surface area (TPSA) is 88.2 Å². The number of nitrogens with zero attached hydrogens (tertiary/aromatic N) is 3. The van der Waals surface area contributed by atoms with Gasteiger partial charge in [-0.1, -0.05) is 0 Å². The minimum absolute atomic E-state index is 0.0863. The Morgan fingerprint density at radius 1 is 1.38 bits per heavy atom. The minimum atomic E-state index is -0.378. The van der Waals surface area contributed by atoms with Gasteiger partial charge in [0.25, 0.3) is 11.5 Å². The molecule has 3 heterocycles. The highest BCUT2D eigenvalue weighted by molar-refractivity contribution is 5.95. The van der Waals surface area contributed by atoms with E-state index in [-0.39, 0.29) is 34.9 Å². The van der Waals surface area contributed by atoms with Crippen molar-refractivity contribution < 1.29 is 9.53 Å². The quantitative estimate of drug-likeness (QED) is 0.857. The van der Waals surface area contributed by atoms with E-state index in [9.17, 15) is 9.59 Å². The first-order valence-electron chi connectivity index (χ1n) is 8.27. The molecule has 0 bridgehead atoms. The lowest BCUT2D eigenvalue weighted by Crippen LogP contribution is -2.58. The number of aromatic amines is 1. The third-order valence-electron chi connectivity index (χ3n) is 4.85. The first kappa shape index (κ1) is 15.3. The molecule has 2 atom stereocenters. The van der Waals surface area contributed by atoms with Crippen LogP contribution >= 0.6 is 0 Å². The Kier molecular flexibility index (Phi) is 3.42. The average Bonchev–Trinajstić information content (AvgIpc) is 3.00. The molecule has 1 N–H and O–H groups in total. The smallest absolute Gasteiger partial charge is 0.272 e. The van der Waals surface area contributed by atoms with E-state index >= 15 is 0 Å². The van der Waals surface area contributed by atoms with E-state index in [1.807, 2.05) is 18.7 Å². The van der Waals surface area contributed by atoms with E-state index in [2.05, 4.69) is 15.0 Å². The second-order valence-electron chi connectivity index (χ2n) is 7.17. The summed E-state index contributed by atoms with van der Waals surface area (Å²) in [5, 5.41) is 0.381. The number of hydrogen-bond acceptors (Lipinski definition) is 5. The zero-order valence-electron chi connectivity index (χ0n) is 13.8. The van der Waals surface area contributed by atoms with Gasteiger partial charge in [0.1, 0.15) is 5.69 Å². The van der Waals surface area contributed by atoms with Crippen LogP contribution in [0, 0.1) is 0 Å². The first-order valence-corrected chi connectivity index (χ1v) is 8.27. The fourth-order valence-electron chi connectivity index (χ4n) is 3.83. The molecule has 2 fully saturated rings. The number of ether oxygens (including phenoxy) is 1. The van der Waals surface area contributed by atoms with Crippen LogP contribution in [-0.4, -0.2) is 50.1 Å². The summed E-state index contributed by atoms with van der Waals surface area (Å²) >= 11 is 0. The molecule has 0 radical (unpaired) electrons. The maximum absolute atomic E-state index is 13.1. The summed E-state index contributed by atoms with van der Waals surface area (Å²) in [7, 11) is 0. The summed E-state index contributed by atoms with van der Waals surface area (Å²) < 4.78 is 6.12. The second-order valence-corrected chi connectivity index (χ2v) is 7.17. The Morgan fingerprint density at radius 2 is 2.21 bits per heavy atom. The van der Waals surface area contributed by atoms with Crippen LogP contribution in [0.25, 0.3) is 10.9 Å². The largest absolute Gasteiger partial charge is 0.368 e. The molecule has 1 aliphatic carbocycles. The molecule has 2 aromatic heterocycles. The normalized spacial score (nSPS) is 25.7. The zero-order valence-corrected chi connectivity index (χ0v) is 13.8. The van der Waals surface area contributed by atoms with Crippen molar-refractivity contribution in [3.05, 3.63) is 34.6 Å². The third-order valence-corrected chi connectivity index (χ3v) is 4.85. The van der Waals surface area contributed by atoms with Gasteiger partial charge in [0.15, 0.2) is 0 Å². The highest BCUT2D eigenvalue weighted by Crippen LogP contribution is 2.36. The van der Waals surface area contributed by atoms with E-state index in [1.54, 1.807) is 0 Å². The lowest BCUT2D eigenvalue weighted by Gasteiger charge is -2.46. The number of amides is 1. The highest BCUT2D eigenvalue weighted by atomic mass is 16.5. The van der Waals surface area contributed by atoms with Gasteiger partial charge in [-0.2, -0.15) is 0 Å². The fraction of sp³-hybridized carbons (Fsp3) is 0.529. The number of pyridine rings is 1. The third kappa shape index (κ3) is 2.49. The molecular formula is C17H20N4O3. The molecule has 1 amide bonds. The van der Waals surface area contributed by atoms with Crippen LogP contribution in [0.2, 0.25) is 0 Å². The van der Waals surface area contributed by atoms with Crippen molar-refractivity contribution >= 4 is 16.8 Å². The number of nitrogens with one attached hydrogen (secondary N) is 1. The Morgan fingerprint density at radius 3 is 3.04 bits per heavy atom. The van der Waals surface area contributed by atoms with Crippen molar-refractivity contribution in [3.63, 3.8) is 0 Å². The summed E-state index contributed by atoms with van der Waals surface area (Å²) in [5.41, 5.74) is 0.120. The summed E-state index contributed by atoms with van der Waals surface area (Å²) in [6.45, 7) is 4.53. The fourth-order valence-corrected chi connectivity index (χ4v) is 3.83. The van der Waals surface area contributed by atoms with Crippen molar-refractivity contribution in [2.24, 2.45) is 0 Å². The van der Waals surface area contributed by atoms with Crippen molar-refractivity contribution in [2.75, 3.05) is 6.54 Å². The van der Waals surface area contributed by atoms with Gasteiger partial charge < -0.3 is 14.6 Å². The van der Waals surface area contributed by atoms with E-state index < -0.39 is 0 Å². The molecule has 7 heteroatoms. The summed E-state index contributed by atoms with van der Waals surface area (Å²) in [5.74, 6) is -0.145. The second kappa shape index (κ2) is 5.37. The van der Waals surface area contributed by atoms with E-state index in [1.165, 1.54) is 18.6 Å². The Hall–Kier alpha value is -2.28. The molecule has 2 aromatic rings. The van der Waals surface area contributed by atoms with Crippen LogP contribution in [0.4, 0.5) is 0 Å². The average molecular weight is 328 g/mol. The van der Waals surface area contributed by atoms with E-state index in [4.69, 9.17) is 4.74 Å². The van der Waals surface area contributed by atoms with E-state index in [0.29, 0.717) is 17.4 Å². The number of aromatic nitrogens is 3. The molecule has 4 rings (SSSR count). The Balaban J connectivity index is 1.72. The minimum Gasteiger partial charge on any atom is -0.368 e. The SMILES string of the molecule is CC1(C)CN(C(=O)c2cc3c(=O)[nH]cnc3cn2)[C@@H]2CCC[C@H]2O1. The lowest BCUT2D eigenvalue weighted by atomic mass is 10.00. The molecule has 2 aliphatic rings. The van der Waals surface area contributed by atoms with Gasteiger partial charge in [-0.05, 0) is 39.2 Å². The molecule has 0 aromatic carbocycles. The van der Waals surface area contributed by atoms with Gasteiger partial charge in [0, 0.05) is 6.54 Å². The van der Waals surface area contributed by atoms with Gasteiger partial charge in [-0.25, -0.2) is 9.97 Å². The van der Waals surface area contributed by atoms with Crippen molar-refractivity contribution in [2.45, 2.75) is 50.9 Å². The first-order chi connectivity index (χ1) is 11.4. The van der Waals surface area contributed by atoms with Crippen LogP contribution in [0.1, 0.15) is 43.6 Å². The molecule has 126 valence electrons. The van der Waals surface area contributed by atoms with Crippen LogP contribution in [0.15, 0.2) is 23.4 Å². The number of fused-ring (bicyclic) bond motifs is 2. The van der Waals surface area contributed by atoms with Crippen LogP contribution in [-0.2, 0) is 4.74 Å². The number of rotatable bonds is 1. The van der Waals surface area contributed by atoms with Gasteiger partial charge in [-0.15, -0.1) is 0 Å². The molecule has 0 spiro atoms. The maximum Gasteiger partial charge on any atom is 0.272 e. The van der Waals surface area contributed by atoms with Gasteiger partial charge >= 0.3 is 0 Å². The number of carbonyl (C=O) groups excluding carboxylic acids is 1. The Labute approximate surface area is 139 Å². The monoisotopic (exact) mass is 328 g/mol. The molecule has 1 saturated heterocycles. The summed E-state index contributed by atoms with van der Waals surface area (Å²) in [4.78, 5) is 37.7. The molecule has 0 unspecified atom stereocenters. The lowest BCUT2D eigenvalue weighted by molar-refractivity contribution is -0.142. The zero-order chi connectivity index (χ0) is 16.9. The molecule has 1 aliphatic heterocycles. The van der Waals surface area contributed by atoms with Crippen molar-refractivity contribution in [3.8, 4) is 0 Å². The number of hydrogen-bond donors (Lipinski definition) is 1. The highest BCUT2D eigenvalue weighted by Gasteiger charge is 2.45. The van der Waals surface area contributed by atoms with Crippen molar-refractivity contribution in [1.29, 1.82) is 0 Å². The van der Waals surface area contributed by atoms with Crippen LogP contribution < -0.4 is 5.56 Å². The number of carbonyl (C=O) groups is 1. The Bertz CT molecular complexity index is 860. The molecular weight excluding hydrogens is 308 g/mol. The van der Waals surface area contributed by atoms with Gasteiger partial charge in [-0.3, -0.25) is 9.59 Å². The van der Waals surface area contributed by atoms with Gasteiger partial charge in [0.05, 0.1) is 41.2 Å². The summed E-state index contributed by atoms with van der Waals surface area (Å²) in [6, 6.07) is 1.63. The standard InChI is InChI=1S/C17H20N4O3/c1-17(2)8-21(13-4-3-5-14(13)24-17)16(23)11-6-10-12(7-18-11)19-9-20-15(10)22/h6-7,9,13-14H,3-5,8H2,1-2H3,(H,19,20,22)/t13-,14-/m1/s1. The molecule has 24 heavy (non-hydrogen) atoms. The van der Waals surface area contributed by atoms with Gasteiger partial charge in [0.2, 0.25) is 0 Å². The van der Waals surface area contributed by atoms with Crippen molar-refractivity contribution in [1.82, 2.24) is 19.9 Å².